The van der Waals surface area contributed by atoms with Crippen LogP contribution in [0.3, 0.4) is 0 Å². The van der Waals surface area contributed by atoms with Crippen LogP contribution in [0.4, 0.5) is 0 Å². The van der Waals surface area contributed by atoms with Gasteiger partial charge in [-0.2, -0.15) is 0 Å². The number of rotatable bonds is 4. The number of hydrogen-bond donors (Lipinski definition) is 1. The minimum Gasteiger partial charge on any atom is -0.352 e. The van der Waals surface area contributed by atoms with Crippen molar-refractivity contribution in [3.05, 3.63) is 0 Å². The van der Waals surface area contributed by atoms with Gasteiger partial charge in [-0.25, -0.2) is 0 Å². The van der Waals surface area contributed by atoms with Crippen molar-refractivity contribution in [3.63, 3.8) is 0 Å². The molecule has 1 saturated heterocycles. The van der Waals surface area contributed by atoms with Gasteiger partial charge >= 0.3 is 0 Å². The van der Waals surface area contributed by atoms with Gasteiger partial charge < -0.3 is 5.32 Å². The van der Waals surface area contributed by atoms with Gasteiger partial charge in [-0.1, -0.05) is 0 Å². The highest BCUT2D eigenvalue weighted by Gasteiger charge is 2.26. The molecule has 0 radical (unpaired) electrons. The predicted molar refractivity (Wildman–Crippen MR) is 61.0 cm³/mol. The van der Waals surface area contributed by atoms with E-state index in [9.17, 15) is 9.59 Å². The maximum Gasteiger partial charge on any atom is 0.234 e. The molecule has 4 nitrogen and oxygen atoms in total. The predicted octanol–water partition coefficient (Wildman–Crippen LogP) is 0.566. The van der Waals surface area contributed by atoms with E-state index < -0.39 is 0 Å². The zero-order valence-electron chi connectivity index (χ0n) is 9.87. The number of carbonyl (C=O) groups is 2. The standard InChI is InChI=1S/C12H20N2O2/c1-9(15)10-4-6-14(7-5-10)8-12(16)13-11-2-3-11/h10-11H,2-8H2,1H3,(H,13,16). The number of piperidine rings is 1. The van der Waals surface area contributed by atoms with Crippen molar-refractivity contribution < 1.29 is 9.59 Å². The highest BCUT2D eigenvalue weighted by Crippen LogP contribution is 2.19. The van der Waals surface area contributed by atoms with E-state index in [0.29, 0.717) is 18.4 Å². The lowest BCUT2D eigenvalue weighted by atomic mass is 9.93. The summed E-state index contributed by atoms with van der Waals surface area (Å²) in [6.07, 6.45) is 4.09. The van der Waals surface area contributed by atoms with Crippen molar-refractivity contribution in [2.75, 3.05) is 19.6 Å². The molecular formula is C12H20N2O2. The fraction of sp³-hybridized carbons (Fsp3) is 0.833. The number of hydrogen-bond acceptors (Lipinski definition) is 3. The van der Waals surface area contributed by atoms with Crippen LogP contribution in [0.15, 0.2) is 0 Å². The van der Waals surface area contributed by atoms with E-state index in [1.807, 2.05) is 0 Å². The number of Topliss-reactive ketones (excluding diaryl/α,β-unsaturated/α-hetero) is 1. The molecule has 1 aliphatic heterocycles. The molecule has 0 spiro atoms. The second-order valence-electron chi connectivity index (χ2n) is 5.00. The Labute approximate surface area is 96.4 Å². The number of nitrogens with one attached hydrogen (secondary N) is 1. The van der Waals surface area contributed by atoms with Gasteiger partial charge in [-0.05, 0) is 45.7 Å². The minimum atomic E-state index is 0.142. The Kier molecular flexibility index (Phi) is 3.59. The van der Waals surface area contributed by atoms with E-state index in [2.05, 4.69) is 10.2 Å². The first-order valence-corrected chi connectivity index (χ1v) is 6.17. The molecule has 1 saturated carbocycles. The number of amides is 1. The summed E-state index contributed by atoms with van der Waals surface area (Å²) < 4.78 is 0. The van der Waals surface area contributed by atoms with Crippen LogP contribution in [-0.2, 0) is 9.59 Å². The third-order valence-corrected chi connectivity index (χ3v) is 3.47. The summed E-state index contributed by atoms with van der Waals surface area (Å²) in [5, 5.41) is 2.99. The number of carbonyl (C=O) groups excluding carboxylic acids is 2. The maximum atomic E-state index is 11.6. The average molecular weight is 224 g/mol. The third kappa shape index (κ3) is 3.30. The highest BCUT2D eigenvalue weighted by atomic mass is 16.2. The molecule has 2 fully saturated rings. The van der Waals surface area contributed by atoms with Gasteiger partial charge in [0.15, 0.2) is 0 Å². The maximum absolute atomic E-state index is 11.6. The number of ketones is 1. The van der Waals surface area contributed by atoms with E-state index >= 15 is 0 Å². The molecular weight excluding hydrogens is 204 g/mol. The summed E-state index contributed by atoms with van der Waals surface area (Å²) in [7, 11) is 0. The Morgan fingerprint density at radius 2 is 1.81 bits per heavy atom. The second kappa shape index (κ2) is 4.95. The summed E-state index contributed by atoms with van der Waals surface area (Å²) in [4.78, 5) is 24.9. The van der Waals surface area contributed by atoms with Crippen molar-refractivity contribution >= 4 is 11.7 Å². The molecule has 0 aromatic heterocycles. The third-order valence-electron chi connectivity index (χ3n) is 3.47. The lowest BCUT2D eigenvalue weighted by Crippen LogP contribution is -2.42. The van der Waals surface area contributed by atoms with E-state index in [0.717, 1.165) is 38.8 Å². The Bertz CT molecular complexity index is 279. The van der Waals surface area contributed by atoms with Crippen LogP contribution < -0.4 is 5.32 Å². The molecule has 2 rings (SSSR count). The highest BCUT2D eigenvalue weighted by molar-refractivity contribution is 5.79. The summed E-state index contributed by atoms with van der Waals surface area (Å²) in [5.74, 6) is 0.661. The van der Waals surface area contributed by atoms with Crippen LogP contribution in [0.2, 0.25) is 0 Å². The lowest BCUT2D eigenvalue weighted by Gasteiger charge is -2.30. The molecule has 1 N–H and O–H groups in total. The molecule has 2 aliphatic rings. The van der Waals surface area contributed by atoms with Crippen LogP contribution in [0.5, 0.6) is 0 Å². The van der Waals surface area contributed by atoms with Crippen molar-refractivity contribution in [3.8, 4) is 0 Å². The van der Waals surface area contributed by atoms with Crippen molar-refractivity contribution in [1.82, 2.24) is 10.2 Å². The van der Waals surface area contributed by atoms with Gasteiger partial charge in [0, 0.05) is 12.0 Å². The summed E-state index contributed by atoms with van der Waals surface area (Å²) in [5.41, 5.74) is 0. The van der Waals surface area contributed by atoms with E-state index in [-0.39, 0.29) is 11.8 Å². The van der Waals surface area contributed by atoms with E-state index in [4.69, 9.17) is 0 Å². The van der Waals surface area contributed by atoms with Gasteiger partial charge in [0.2, 0.25) is 5.91 Å². The zero-order chi connectivity index (χ0) is 11.5. The zero-order valence-corrected chi connectivity index (χ0v) is 9.87. The number of nitrogens with zero attached hydrogens (tertiary/aromatic N) is 1. The molecule has 1 aliphatic carbocycles. The summed E-state index contributed by atoms with van der Waals surface area (Å²) in [6.45, 7) is 3.92. The van der Waals surface area contributed by atoms with E-state index in [1.54, 1.807) is 6.92 Å². The average Bonchev–Trinajstić information content (AvgIpc) is 3.02. The quantitative estimate of drug-likeness (QED) is 0.759. The van der Waals surface area contributed by atoms with Gasteiger partial charge in [-0.15, -0.1) is 0 Å². The molecule has 0 bridgehead atoms. The van der Waals surface area contributed by atoms with Gasteiger partial charge in [-0.3, -0.25) is 14.5 Å². The fourth-order valence-corrected chi connectivity index (χ4v) is 2.20. The first kappa shape index (κ1) is 11.6. The van der Waals surface area contributed by atoms with Crippen LogP contribution in [0, 0.1) is 5.92 Å². The Morgan fingerprint density at radius 1 is 1.19 bits per heavy atom. The Hall–Kier alpha value is -0.900. The molecule has 0 atom stereocenters. The number of likely N-dealkylation sites (tertiary alicyclic amines) is 1. The van der Waals surface area contributed by atoms with Crippen molar-refractivity contribution in [2.24, 2.45) is 5.92 Å². The second-order valence-corrected chi connectivity index (χ2v) is 5.00. The molecule has 16 heavy (non-hydrogen) atoms. The fourth-order valence-electron chi connectivity index (χ4n) is 2.20. The van der Waals surface area contributed by atoms with Gasteiger partial charge in [0.25, 0.3) is 0 Å². The summed E-state index contributed by atoms with van der Waals surface area (Å²) in [6, 6.07) is 0.447. The van der Waals surface area contributed by atoms with Crippen molar-refractivity contribution in [2.45, 2.75) is 38.6 Å². The van der Waals surface area contributed by atoms with Crippen LogP contribution in [0.25, 0.3) is 0 Å². The summed E-state index contributed by atoms with van der Waals surface area (Å²) >= 11 is 0. The first-order chi connectivity index (χ1) is 7.65. The SMILES string of the molecule is CC(=O)C1CCN(CC(=O)NC2CC2)CC1. The molecule has 0 unspecified atom stereocenters. The normalized spacial score (nSPS) is 23.1. The van der Waals surface area contributed by atoms with Gasteiger partial charge in [0.05, 0.1) is 6.54 Å². The van der Waals surface area contributed by atoms with Crippen LogP contribution >= 0.6 is 0 Å². The topological polar surface area (TPSA) is 49.4 Å². The Balaban J connectivity index is 1.67. The molecule has 1 amide bonds. The van der Waals surface area contributed by atoms with Crippen LogP contribution in [0.1, 0.15) is 32.6 Å². The molecule has 1 heterocycles. The van der Waals surface area contributed by atoms with Crippen LogP contribution in [-0.4, -0.2) is 42.3 Å². The monoisotopic (exact) mass is 224 g/mol. The molecule has 90 valence electrons. The Morgan fingerprint density at radius 3 is 2.31 bits per heavy atom. The minimum absolute atomic E-state index is 0.142. The largest absolute Gasteiger partial charge is 0.352 e. The first-order valence-electron chi connectivity index (χ1n) is 6.17. The molecule has 0 aromatic rings. The van der Waals surface area contributed by atoms with E-state index in [1.165, 1.54) is 0 Å². The van der Waals surface area contributed by atoms with Crippen molar-refractivity contribution in [1.29, 1.82) is 0 Å². The lowest BCUT2D eigenvalue weighted by molar-refractivity contribution is -0.123. The molecule has 4 heteroatoms. The smallest absolute Gasteiger partial charge is 0.234 e. The molecule has 0 aromatic carbocycles. The van der Waals surface area contributed by atoms with Gasteiger partial charge in [0.1, 0.15) is 5.78 Å².